The van der Waals surface area contributed by atoms with E-state index < -0.39 is 0 Å². The molecule has 0 saturated heterocycles. The summed E-state index contributed by atoms with van der Waals surface area (Å²) in [6.07, 6.45) is 0. The van der Waals surface area contributed by atoms with Gasteiger partial charge in [-0.25, -0.2) is 4.98 Å². The smallest absolute Gasteiger partial charge is 0.291 e. The lowest BCUT2D eigenvalue weighted by molar-refractivity contribution is 0.0997. The number of para-hydroxylation sites is 1. The van der Waals surface area contributed by atoms with Crippen molar-refractivity contribution in [1.82, 2.24) is 4.98 Å². The van der Waals surface area contributed by atoms with Gasteiger partial charge in [-0.05, 0) is 42.0 Å². The minimum absolute atomic E-state index is 0.247. The van der Waals surface area contributed by atoms with Crippen molar-refractivity contribution in [3.05, 3.63) is 72.0 Å². The molecule has 0 spiro atoms. The molecule has 0 aliphatic heterocycles. The Morgan fingerprint density at radius 1 is 1.15 bits per heavy atom. The molecule has 0 bridgehead atoms. The molecule has 4 rings (SSSR count). The van der Waals surface area contributed by atoms with Crippen LogP contribution in [-0.4, -0.2) is 18.0 Å². The number of aromatic nitrogens is 1. The number of nitrogens with zero attached hydrogens (tertiary/aromatic N) is 1. The van der Waals surface area contributed by atoms with E-state index >= 15 is 0 Å². The van der Waals surface area contributed by atoms with Gasteiger partial charge < -0.3 is 14.5 Å². The number of carbonyl (C=O) groups excluding carboxylic acids is 1. The van der Waals surface area contributed by atoms with Crippen molar-refractivity contribution in [2.45, 2.75) is 6.61 Å². The second-order valence-corrected chi connectivity index (χ2v) is 6.77. The topological polar surface area (TPSA) is 64.4 Å². The van der Waals surface area contributed by atoms with Crippen molar-refractivity contribution in [3.8, 4) is 10.8 Å². The summed E-state index contributed by atoms with van der Waals surface area (Å²) in [6.45, 7) is 0.492. The number of fused-ring (bicyclic) bond motifs is 1. The van der Waals surface area contributed by atoms with E-state index in [0.29, 0.717) is 18.1 Å². The Kier molecular flexibility index (Phi) is 4.51. The van der Waals surface area contributed by atoms with Gasteiger partial charge in [-0.2, -0.15) is 0 Å². The molecule has 1 amide bonds. The van der Waals surface area contributed by atoms with Gasteiger partial charge >= 0.3 is 0 Å². The first-order chi connectivity index (χ1) is 12.7. The quantitative estimate of drug-likeness (QED) is 0.544. The summed E-state index contributed by atoms with van der Waals surface area (Å²) in [5.41, 5.74) is 2.60. The summed E-state index contributed by atoms with van der Waals surface area (Å²) in [5, 5.41) is 3.60. The average molecular weight is 364 g/mol. The first kappa shape index (κ1) is 16.5. The Morgan fingerprint density at radius 2 is 2.04 bits per heavy atom. The van der Waals surface area contributed by atoms with E-state index in [-0.39, 0.29) is 11.7 Å². The fourth-order valence-corrected chi connectivity index (χ4v) is 3.58. The number of carbonyl (C=O) groups is 1. The Bertz CT molecular complexity index is 1030. The second-order valence-electron chi connectivity index (χ2n) is 5.74. The van der Waals surface area contributed by atoms with Gasteiger partial charge in [0.15, 0.2) is 16.5 Å². The molecular weight excluding hydrogens is 348 g/mol. The van der Waals surface area contributed by atoms with E-state index in [1.165, 1.54) is 11.3 Å². The third-order valence-electron chi connectivity index (χ3n) is 3.83. The van der Waals surface area contributed by atoms with E-state index in [0.717, 1.165) is 20.8 Å². The van der Waals surface area contributed by atoms with Crippen LogP contribution in [0.1, 0.15) is 16.1 Å². The molecule has 2 aromatic carbocycles. The van der Waals surface area contributed by atoms with Crippen LogP contribution in [0.5, 0.6) is 0 Å². The SMILES string of the molecule is COCc1cccc(NC(=O)c2ccc(-c3nc4ccccc4s3)o2)c1. The zero-order chi connectivity index (χ0) is 17.9. The summed E-state index contributed by atoms with van der Waals surface area (Å²) >= 11 is 1.54. The highest BCUT2D eigenvalue weighted by molar-refractivity contribution is 7.21. The number of ether oxygens (including phenoxy) is 1. The standard InChI is InChI=1S/C20H16N2O3S/c1-24-12-13-5-4-6-14(11-13)21-19(23)16-9-10-17(25-16)20-22-15-7-2-3-8-18(15)26-20/h2-11H,12H2,1H3,(H,21,23). The van der Waals surface area contributed by atoms with Crippen molar-refractivity contribution in [1.29, 1.82) is 0 Å². The van der Waals surface area contributed by atoms with Crippen molar-refractivity contribution in [3.63, 3.8) is 0 Å². The van der Waals surface area contributed by atoms with E-state index in [1.54, 1.807) is 19.2 Å². The number of amides is 1. The molecule has 2 heterocycles. The van der Waals surface area contributed by atoms with Gasteiger partial charge in [0.1, 0.15) is 0 Å². The summed E-state index contributed by atoms with van der Waals surface area (Å²) in [5.74, 6) is 0.535. The van der Waals surface area contributed by atoms with Gasteiger partial charge in [0.25, 0.3) is 5.91 Å². The molecule has 26 heavy (non-hydrogen) atoms. The van der Waals surface area contributed by atoms with Crippen LogP contribution < -0.4 is 5.32 Å². The average Bonchev–Trinajstić information content (AvgIpc) is 3.29. The van der Waals surface area contributed by atoms with Crippen LogP contribution in [0.3, 0.4) is 0 Å². The van der Waals surface area contributed by atoms with Gasteiger partial charge in [-0.1, -0.05) is 24.3 Å². The molecule has 130 valence electrons. The number of methoxy groups -OCH3 is 1. The molecule has 4 aromatic rings. The fourth-order valence-electron chi connectivity index (χ4n) is 2.65. The summed E-state index contributed by atoms with van der Waals surface area (Å²) in [7, 11) is 1.64. The van der Waals surface area contributed by atoms with Gasteiger partial charge in [-0.15, -0.1) is 11.3 Å². The van der Waals surface area contributed by atoms with E-state index in [2.05, 4.69) is 10.3 Å². The zero-order valence-electron chi connectivity index (χ0n) is 14.1. The number of hydrogen-bond donors (Lipinski definition) is 1. The molecule has 0 aliphatic carbocycles. The lowest BCUT2D eigenvalue weighted by Gasteiger charge is -2.05. The summed E-state index contributed by atoms with van der Waals surface area (Å²) in [4.78, 5) is 17.0. The Labute approximate surface area is 154 Å². The van der Waals surface area contributed by atoms with E-state index in [4.69, 9.17) is 9.15 Å². The molecular formula is C20H16N2O3S. The predicted octanol–water partition coefficient (Wildman–Crippen LogP) is 4.96. The number of rotatable bonds is 5. The number of nitrogens with one attached hydrogen (secondary N) is 1. The first-order valence-electron chi connectivity index (χ1n) is 8.08. The van der Waals surface area contributed by atoms with Crippen LogP contribution in [0.15, 0.2) is 65.1 Å². The predicted molar refractivity (Wildman–Crippen MR) is 102 cm³/mol. The zero-order valence-corrected chi connectivity index (χ0v) is 14.9. The highest BCUT2D eigenvalue weighted by Crippen LogP contribution is 2.31. The molecule has 0 radical (unpaired) electrons. The van der Waals surface area contributed by atoms with E-state index in [1.807, 2.05) is 48.5 Å². The number of hydrogen-bond acceptors (Lipinski definition) is 5. The lowest BCUT2D eigenvalue weighted by Crippen LogP contribution is -2.11. The monoisotopic (exact) mass is 364 g/mol. The Balaban J connectivity index is 1.53. The van der Waals surface area contributed by atoms with Crippen molar-refractivity contribution in [2.24, 2.45) is 0 Å². The van der Waals surface area contributed by atoms with Crippen LogP contribution >= 0.6 is 11.3 Å². The van der Waals surface area contributed by atoms with Crippen molar-refractivity contribution < 1.29 is 13.9 Å². The molecule has 0 atom stereocenters. The normalized spacial score (nSPS) is 11.0. The number of furan rings is 1. The molecule has 0 aliphatic rings. The minimum atomic E-state index is -0.299. The third-order valence-corrected chi connectivity index (χ3v) is 4.88. The fraction of sp³-hybridized carbons (Fsp3) is 0.100. The van der Waals surface area contributed by atoms with Gasteiger partial charge in [0.05, 0.1) is 16.8 Å². The maximum Gasteiger partial charge on any atom is 0.291 e. The largest absolute Gasteiger partial charge is 0.448 e. The van der Waals surface area contributed by atoms with Gasteiger partial charge in [0, 0.05) is 12.8 Å². The van der Waals surface area contributed by atoms with E-state index in [9.17, 15) is 4.79 Å². The minimum Gasteiger partial charge on any atom is -0.448 e. The molecule has 0 fully saturated rings. The maximum atomic E-state index is 12.4. The van der Waals surface area contributed by atoms with Crippen LogP contribution in [0.2, 0.25) is 0 Å². The third kappa shape index (κ3) is 3.37. The number of benzene rings is 2. The van der Waals surface area contributed by atoms with Gasteiger partial charge in [-0.3, -0.25) is 4.79 Å². The molecule has 6 heteroatoms. The van der Waals surface area contributed by atoms with Crippen molar-refractivity contribution in [2.75, 3.05) is 12.4 Å². The van der Waals surface area contributed by atoms with Gasteiger partial charge in [0.2, 0.25) is 0 Å². The number of thiazole rings is 1. The van der Waals surface area contributed by atoms with Crippen molar-refractivity contribution >= 4 is 33.1 Å². The molecule has 2 aromatic heterocycles. The highest BCUT2D eigenvalue weighted by Gasteiger charge is 2.15. The Hall–Kier alpha value is -2.96. The van der Waals surface area contributed by atoms with Crippen LogP contribution in [0.4, 0.5) is 5.69 Å². The molecule has 1 N–H and O–H groups in total. The van der Waals surface area contributed by atoms with Crippen LogP contribution in [0.25, 0.3) is 21.0 Å². The second kappa shape index (κ2) is 7.11. The first-order valence-corrected chi connectivity index (χ1v) is 8.89. The molecule has 0 saturated carbocycles. The lowest BCUT2D eigenvalue weighted by atomic mass is 10.2. The van der Waals surface area contributed by atoms with Crippen LogP contribution in [-0.2, 0) is 11.3 Å². The maximum absolute atomic E-state index is 12.4. The number of anilines is 1. The highest BCUT2D eigenvalue weighted by atomic mass is 32.1. The summed E-state index contributed by atoms with van der Waals surface area (Å²) in [6, 6.07) is 18.8. The summed E-state index contributed by atoms with van der Waals surface area (Å²) < 4.78 is 11.9. The molecule has 5 nitrogen and oxygen atoms in total. The van der Waals surface area contributed by atoms with Crippen LogP contribution in [0, 0.1) is 0 Å². The molecule has 0 unspecified atom stereocenters. The Morgan fingerprint density at radius 3 is 2.88 bits per heavy atom.